The Morgan fingerprint density at radius 2 is 1.90 bits per heavy atom. The largest absolute Gasteiger partial charge is 0.374 e. The van der Waals surface area contributed by atoms with Crippen LogP contribution in [0.5, 0.6) is 0 Å². The van der Waals surface area contributed by atoms with E-state index < -0.39 is 0 Å². The third-order valence-electron chi connectivity index (χ3n) is 3.03. The van der Waals surface area contributed by atoms with Crippen LogP contribution in [0.15, 0.2) is 59.9 Å². The molecule has 0 aliphatic heterocycles. The van der Waals surface area contributed by atoms with Crippen molar-refractivity contribution >= 4 is 0 Å². The van der Waals surface area contributed by atoms with Gasteiger partial charge in [-0.05, 0) is 30.5 Å². The fraction of sp³-hybridized carbons (Fsp3) is 0.312. The van der Waals surface area contributed by atoms with Crippen LogP contribution >= 0.6 is 0 Å². The first-order chi connectivity index (χ1) is 9.88. The topological polar surface area (TPSA) is 51.5 Å². The fourth-order valence-corrected chi connectivity index (χ4v) is 1.91. The van der Waals surface area contributed by atoms with Gasteiger partial charge in [-0.2, -0.15) is 4.91 Å². The molecule has 104 valence electrons. The Morgan fingerprint density at radius 3 is 2.60 bits per heavy atom. The van der Waals surface area contributed by atoms with Crippen molar-refractivity contribution in [2.45, 2.75) is 25.5 Å². The lowest BCUT2D eigenvalue weighted by Crippen LogP contribution is -2.14. The van der Waals surface area contributed by atoms with Crippen LogP contribution in [0.1, 0.15) is 17.7 Å². The molecule has 0 aliphatic rings. The van der Waals surface area contributed by atoms with Gasteiger partial charge in [-0.15, -0.1) is 0 Å². The van der Waals surface area contributed by atoms with Crippen LogP contribution < -0.4 is 0 Å². The molecule has 0 saturated carbocycles. The average Bonchev–Trinajstić information content (AvgIpc) is 2.52. The number of hydrogen-bond donors (Lipinski definition) is 0. The highest BCUT2D eigenvalue weighted by molar-refractivity contribution is 5.13. The Hall–Kier alpha value is -2.07. The second kappa shape index (κ2) is 8.17. The molecule has 1 heterocycles. The smallest absolute Gasteiger partial charge is 0.116 e. The van der Waals surface area contributed by atoms with Crippen molar-refractivity contribution in [3.05, 3.63) is 70.9 Å². The van der Waals surface area contributed by atoms with Gasteiger partial charge >= 0.3 is 0 Å². The maximum absolute atomic E-state index is 10.8. The van der Waals surface area contributed by atoms with Crippen LogP contribution in [0.3, 0.4) is 0 Å². The molecule has 0 bridgehead atoms. The summed E-state index contributed by atoms with van der Waals surface area (Å²) in [6, 6.07) is 15.3. The zero-order valence-electron chi connectivity index (χ0n) is 11.3. The summed E-state index contributed by atoms with van der Waals surface area (Å²) in [7, 11) is 0. The summed E-state index contributed by atoms with van der Waals surface area (Å²) < 4.78 is 5.55. The SMILES string of the molecule is O=NC(CCc1ccccn1)COCc1ccccc1. The molecule has 4 heteroatoms. The number of nitrogens with zero attached hydrogens (tertiary/aromatic N) is 2. The average molecular weight is 270 g/mol. The predicted molar refractivity (Wildman–Crippen MR) is 78.2 cm³/mol. The maximum Gasteiger partial charge on any atom is 0.116 e. The summed E-state index contributed by atoms with van der Waals surface area (Å²) in [5.41, 5.74) is 2.08. The first-order valence-electron chi connectivity index (χ1n) is 6.72. The zero-order valence-corrected chi connectivity index (χ0v) is 11.3. The lowest BCUT2D eigenvalue weighted by molar-refractivity contribution is 0.106. The summed E-state index contributed by atoms with van der Waals surface area (Å²) in [5, 5.41) is 3.13. The Morgan fingerprint density at radius 1 is 1.10 bits per heavy atom. The van der Waals surface area contributed by atoms with Crippen molar-refractivity contribution < 1.29 is 4.74 Å². The van der Waals surface area contributed by atoms with Crippen molar-refractivity contribution in [2.75, 3.05) is 6.61 Å². The Bertz CT molecular complexity index is 502. The Kier molecular flexibility index (Phi) is 5.86. The zero-order chi connectivity index (χ0) is 14.0. The molecule has 1 aromatic heterocycles. The number of benzene rings is 1. The number of ether oxygens (including phenoxy) is 1. The van der Waals surface area contributed by atoms with E-state index >= 15 is 0 Å². The van der Waals surface area contributed by atoms with Crippen molar-refractivity contribution in [2.24, 2.45) is 5.18 Å². The highest BCUT2D eigenvalue weighted by atomic mass is 16.5. The van der Waals surface area contributed by atoms with Crippen LogP contribution in [0.2, 0.25) is 0 Å². The van der Waals surface area contributed by atoms with E-state index in [2.05, 4.69) is 10.2 Å². The maximum atomic E-state index is 10.8. The third kappa shape index (κ3) is 4.90. The first-order valence-corrected chi connectivity index (χ1v) is 6.72. The lowest BCUT2D eigenvalue weighted by Gasteiger charge is -2.09. The van der Waals surface area contributed by atoms with Gasteiger partial charge in [-0.1, -0.05) is 41.6 Å². The quantitative estimate of drug-likeness (QED) is 0.691. The number of aryl methyl sites for hydroxylation is 1. The third-order valence-corrected chi connectivity index (χ3v) is 3.03. The molecule has 2 rings (SSSR count). The Labute approximate surface area is 118 Å². The van der Waals surface area contributed by atoms with Crippen molar-refractivity contribution in [3.8, 4) is 0 Å². The van der Waals surface area contributed by atoms with Gasteiger partial charge in [0.2, 0.25) is 0 Å². The molecule has 0 radical (unpaired) electrons. The van der Waals surface area contributed by atoms with Gasteiger partial charge in [0, 0.05) is 11.9 Å². The number of hydrogen-bond acceptors (Lipinski definition) is 4. The minimum absolute atomic E-state index is 0.319. The van der Waals surface area contributed by atoms with Crippen LogP contribution in [-0.4, -0.2) is 17.6 Å². The van der Waals surface area contributed by atoms with Gasteiger partial charge in [0.1, 0.15) is 6.04 Å². The van der Waals surface area contributed by atoms with Crippen LogP contribution in [0, 0.1) is 4.91 Å². The number of nitroso groups, excluding NO2 is 1. The lowest BCUT2D eigenvalue weighted by atomic mass is 10.1. The molecule has 0 amide bonds. The van der Waals surface area contributed by atoms with Gasteiger partial charge in [0.05, 0.1) is 13.2 Å². The molecule has 0 N–H and O–H groups in total. The summed E-state index contributed by atoms with van der Waals surface area (Å²) in [6.45, 7) is 0.863. The monoisotopic (exact) mass is 270 g/mol. The molecule has 0 saturated heterocycles. The molecule has 0 spiro atoms. The van der Waals surface area contributed by atoms with E-state index in [0.717, 1.165) is 17.7 Å². The van der Waals surface area contributed by atoms with Gasteiger partial charge in [0.25, 0.3) is 0 Å². The number of rotatable bonds is 8. The van der Waals surface area contributed by atoms with E-state index in [-0.39, 0.29) is 6.04 Å². The highest BCUT2D eigenvalue weighted by Crippen LogP contribution is 2.07. The molecule has 1 unspecified atom stereocenters. The minimum atomic E-state index is -0.319. The predicted octanol–water partition coefficient (Wildman–Crippen LogP) is 3.37. The molecule has 20 heavy (non-hydrogen) atoms. The minimum Gasteiger partial charge on any atom is -0.374 e. The number of aromatic nitrogens is 1. The van der Waals surface area contributed by atoms with Crippen molar-refractivity contribution in [1.29, 1.82) is 0 Å². The van der Waals surface area contributed by atoms with E-state index in [9.17, 15) is 4.91 Å². The van der Waals surface area contributed by atoms with E-state index in [4.69, 9.17) is 4.74 Å². The highest BCUT2D eigenvalue weighted by Gasteiger charge is 2.09. The van der Waals surface area contributed by atoms with Crippen LogP contribution in [0.4, 0.5) is 0 Å². The summed E-state index contributed by atoms with van der Waals surface area (Å²) >= 11 is 0. The van der Waals surface area contributed by atoms with Crippen LogP contribution in [0.25, 0.3) is 0 Å². The first kappa shape index (κ1) is 14.3. The fourth-order valence-electron chi connectivity index (χ4n) is 1.91. The van der Waals surface area contributed by atoms with Gasteiger partial charge < -0.3 is 4.74 Å². The van der Waals surface area contributed by atoms with Gasteiger partial charge in [-0.3, -0.25) is 4.98 Å². The normalized spacial score (nSPS) is 12.0. The molecule has 1 atom stereocenters. The number of pyridine rings is 1. The summed E-state index contributed by atoms with van der Waals surface area (Å²) in [4.78, 5) is 15.0. The molecule has 2 aromatic rings. The van der Waals surface area contributed by atoms with E-state index in [1.54, 1.807) is 6.20 Å². The second-order valence-electron chi connectivity index (χ2n) is 4.62. The van der Waals surface area contributed by atoms with Gasteiger partial charge in [0.15, 0.2) is 0 Å². The molecule has 0 fully saturated rings. The van der Waals surface area contributed by atoms with Crippen molar-refractivity contribution in [3.63, 3.8) is 0 Å². The van der Waals surface area contributed by atoms with Crippen LogP contribution in [-0.2, 0) is 17.8 Å². The standard InChI is InChI=1S/C16H18N2O2/c19-18-16(10-9-15-8-4-5-11-17-15)13-20-12-14-6-2-1-3-7-14/h1-8,11,16H,9-10,12-13H2. The van der Waals surface area contributed by atoms with E-state index in [1.807, 2.05) is 48.5 Å². The summed E-state index contributed by atoms with van der Waals surface area (Å²) in [6.07, 6.45) is 3.16. The Balaban J connectivity index is 1.71. The van der Waals surface area contributed by atoms with E-state index in [1.165, 1.54) is 0 Å². The molecular weight excluding hydrogens is 252 g/mol. The molecule has 0 aliphatic carbocycles. The molecule has 1 aromatic carbocycles. The summed E-state index contributed by atoms with van der Waals surface area (Å²) in [5.74, 6) is 0. The molecular formula is C16H18N2O2. The second-order valence-corrected chi connectivity index (χ2v) is 4.62. The van der Waals surface area contributed by atoms with Crippen molar-refractivity contribution in [1.82, 2.24) is 4.98 Å². The molecule has 4 nitrogen and oxygen atoms in total. The van der Waals surface area contributed by atoms with E-state index in [0.29, 0.717) is 19.6 Å². The van der Waals surface area contributed by atoms with Gasteiger partial charge in [-0.25, -0.2) is 0 Å².